The number of hydrogen-bond acceptors (Lipinski definition) is 3. The van der Waals surface area contributed by atoms with Crippen LogP contribution >= 0.6 is 15.9 Å². The molecule has 3 N–H and O–H groups in total. The lowest BCUT2D eigenvalue weighted by molar-refractivity contribution is 0.306. The Bertz CT molecular complexity index is 614. The summed E-state index contributed by atoms with van der Waals surface area (Å²) in [7, 11) is -3.70. The van der Waals surface area contributed by atoms with E-state index in [2.05, 4.69) is 27.6 Å². The molecule has 0 amide bonds. The number of benzene rings is 1. The molecule has 21 heavy (non-hydrogen) atoms. The fourth-order valence-corrected chi connectivity index (χ4v) is 5.08. The van der Waals surface area contributed by atoms with E-state index >= 15 is 0 Å². The van der Waals surface area contributed by atoms with Crippen molar-refractivity contribution in [3.63, 3.8) is 0 Å². The molecular formula is C14H20BrFN2O2S. The van der Waals surface area contributed by atoms with Crippen LogP contribution in [0.5, 0.6) is 0 Å². The van der Waals surface area contributed by atoms with Crippen LogP contribution in [0.4, 0.5) is 10.1 Å². The molecule has 1 fully saturated rings. The molecule has 0 saturated heterocycles. The van der Waals surface area contributed by atoms with Crippen LogP contribution in [-0.2, 0) is 10.0 Å². The maximum atomic E-state index is 13.3. The molecule has 1 aliphatic carbocycles. The number of anilines is 1. The Balaban J connectivity index is 2.14. The van der Waals surface area contributed by atoms with E-state index in [0.717, 1.165) is 44.2 Å². The highest BCUT2D eigenvalue weighted by molar-refractivity contribution is 9.10. The van der Waals surface area contributed by atoms with Crippen molar-refractivity contribution in [2.45, 2.75) is 50.0 Å². The highest BCUT2D eigenvalue weighted by atomic mass is 79.9. The number of nitrogens with two attached hydrogens (primary N) is 1. The fourth-order valence-electron chi connectivity index (χ4n) is 2.72. The molecule has 1 aromatic carbocycles. The Hall–Kier alpha value is -0.660. The molecule has 0 aliphatic heterocycles. The zero-order chi connectivity index (χ0) is 15.6. The minimum absolute atomic E-state index is 0.0148. The van der Waals surface area contributed by atoms with E-state index in [9.17, 15) is 12.8 Å². The van der Waals surface area contributed by atoms with Crippen molar-refractivity contribution in [3.05, 3.63) is 22.4 Å². The van der Waals surface area contributed by atoms with Gasteiger partial charge >= 0.3 is 0 Å². The zero-order valence-corrected chi connectivity index (χ0v) is 14.3. The van der Waals surface area contributed by atoms with Crippen LogP contribution in [-0.4, -0.2) is 14.5 Å². The third-order valence-corrected chi connectivity index (χ3v) is 6.57. The van der Waals surface area contributed by atoms with Crippen molar-refractivity contribution < 1.29 is 12.8 Å². The van der Waals surface area contributed by atoms with E-state index in [1.165, 1.54) is 0 Å². The van der Waals surface area contributed by atoms with Crippen molar-refractivity contribution in [3.8, 4) is 0 Å². The minimum atomic E-state index is -3.70. The highest BCUT2D eigenvalue weighted by Crippen LogP contribution is 2.30. The Kier molecular flexibility index (Phi) is 5.27. The Morgan fingerprint density at radius 3 is 2.52 bits per heavy atom. The van der Waals surface area contributed by atoms with Crippen molar-refractivity contribution in [2.75, 3.05) is 5.73 Å². The first-order valence-corrected chi connectivity index (χ1v) is 9.38. The van der Waals surface area contributed by atoms with Crippen LogP contribution in [0.3, 0.4) is 0 Å². The van der Waals surface area contributed by atoms with Gasteiger partial charge in [-0.25, -0.2) is 17.5 Å². The number of nitrogen functional groups attached to an aromatic ring is 1. The van der Waals surface area contributed by atoms with Gasteiger partial charge < -0.3 is 5.73 Å². The summed E-state index contributed by atoms with van der Waals surface area (Å²) >= 11 is 3.09. The van der Waals surface area contributed by atoms with Gasteiger partial charge in [-0.3, -0.25) is 0 Å². The third kappa shape index (κ3) is 3.96. The van der Waals surface area contributed by atoms with Crippen LogP contribution in [0.1, 0.15) is 39.0 Å². The topological polar surface area (TPSA) is 72.2 Å². The van der Waals surface area contributed by atoms with Crippen LogP contribution in [0.15, 0.2) is 21.5 Å². The van der Waals surface area contributed by atoms with Crippen molar-refractivity contribution in [1.29, 1.82) is 0 Å². The Morgan fingerprint density at radius 1 is 1.33 bits per heavy atom. The Labute approximate surface area is 133 Å². The molecule has 0 unspecified atom stereocenters. The standard InChI is InChI=1S/C14H20BrFN2O2S/c1-2-9-3-5-10(6-4-9)18-21(19,20)14-8-13(17)12(16)7-11(14)15/h7-10,18H,2-6,17H2,1H3. The molecule has 1 aromatic rings. The summed E-state index contributed by atoms with van der Waals surface area (Å²) in [6, 6.07) is 2.17. The van der Waals surface area contributed by atoms with E-state index in [-0.39, 0.29) is 21.1 Å². The molecule has 0 heterocycles. The Morgan fingerprint density at radius 2 is 1.95 bits per heavy atom. The van der Waals surface area contributed by atoms with Gasteiger partial charge in [0.1, 0.15) is 5.82 Å². The fraction of sp³-hybridized carbons (Fsp3) is 0.571. The first-order valence-electron chi connectivity index (χ1n) is 7.10. The summed E-state index contributed by atoms with van der Waals surface area (Å²) in [5.41, 5.74) is 5.29. The van der Waals surface area contributed by atoms with Gasteiger partial charge in [0.15, 0.2) is 0 Å². The maximum Gasteiger partial charge on any atom is 0.242 e. The molecule has 1 aliphatic rings. The second-order valence-corrected chi connectivity index (χ2v) is 8.09. The third-order valence-electron chi connectivity index (χ3n) is 4.09. The molecule has 0 spiro atoms. The van der Waals surface area contributed by atoms with Gasteiger partial charge in [0.2, 0.25) is 10.0 Å². The van der Waals surface area contributed by atoms with E-state index in [1.807, 2.05) is 0 Å². The summed E-state index contributed by atoms with van der Waals surface area (Å²) in [6.07, 6.45) is 4.89. The summed E-state index contributed by atoms with van der Waals surface area (Å²) in [5.74, 6) is 0.0586. The molecule has 0 bridgehead atoms. The van der Waals surface area contributed by atoms with E-state index in [4.69, 9.17) is 5.73 Å². The van der Waals surface area contributed by atoms with Crippen molar-refractivity contribution in [1.82, 2.24) is 4.72 Å². The molecule has 1 saturated carbocycles. The van der Waals surface area contributed by atoms with Crippen molar-refractivity contribution in [2.24, 2.45) is 5.92 Å². The van der Waals surface area contributed by atoms with Gasteiger partial charge in [-0.1, -0.05) is 13.3 Å². The lowest BCUT2D eigenvalue weighted by atomic mass is 9.85. The number of hydrogen-bond donors (Lipinski definition) is 2. The quantitative estimate of drug-likeness (QED) is 0.788. The number of nitrogens with one attached hydrogen (secondary N) is 1. The summed E-state index contributed by atoms with van der Waals surface area (Å²) < 4.78 is 41.0. The second-order valence-electron chi connectivity index (χ2n) is 5.55. The monoisotopic (exact) mass is 378 g/mol. The van der Waals surface area contributed by atoms with Gasteiger partial charge in [-0.05, 0) is 59.7 Å². The van der Waals surface area contributed by atoms with Crippen LogP contribution in [0.25, 0.3) is 0 Å². The molecule has 2 rings (SSSR count). The molecule has 118 valence electrons. The zero-order valence-electron chi connectivity index (χ0n) is 11.9. The largest absolute Gasteiger partial charge is 0.396 e. The van der Waals surface area contributed by atoms with Crippen LogP contribution in [0, 0.1) is 11.7 Å². The lowest BCUT2D eigenvalue weighted by Gasteiger charge is -2.28. The molecule has 0 aromatic heterocycles. The smallest absolute Gasteiger partial charge is 0.242 e. The number of halogens is 2. The molecule has 4 nitrogen and oxygen atoms in total. The van der Waals surface area contributed by atoms with E-state index in [1.54, 1.807) is 0 Å². The normalized spacial score (nSPS) is 23.2. The van der Waals surface area contributed by atoms with E-state index < -0.39 is 15.8 Å². The minimum Gasteiger partial charge on any atom is -0.396 e. The average molecular weight is 379 g/mol. The molecular weight excluding hydrogens is 359 g/mol. The second kappa shape index (κ2) is 6.62. The number of rotatable bonds is 4. The number of sulfonamides is 1. The van der Waals surface area contributed by atoms with E-state index in [0.29, 0.717) is 5.92 Å². The molecule has 7 heteroatoms. The molecule has 0 radical (unpaired) electrons. The summed E-state index contributed by atoms with van der Waals surface area (Å²) in [6.45, 7) is 2.16. The van der Waals surface area contributed by atoms with Gasteiger partial charge in [-0.2, -0.15) is 0 Å². The SMILES string of the molecule is CCC1CCC(NS(=O)(=O)c2cc(N)c(F)cc2Br)CC1. The summed E-state index contributed by atoms with van der Waals surface area (Å²) in [5, 5.41) is 0. The van der Waals surface area contributed by atoms with Crippen LogP contribution < -0.4 is 10.5 Å². The van der Waals surface area contributed by atoms with Gasteiger partial charge in [0.25, 0.3) is 0 Å². The first-order chi connectivity index (χ1) is 9.83. The predicted octanol–water partition coefficient (Wildman–Crippen LogP) is 3.42. The predicted molar refractivity (Wildman–Crippen MR) is 84.9 cm³/mol. The lowest BCUT2D eigenvalue weighted by Crippen LogP contribution is -2.37. The maximum absolute atomic E-state index is 13.3. The molecule has 0 atom stereocenters. The first kappa shape index (κ1) is 16.7. The van der Waals surface area contributed by atoms with Crippen LogP contribution in [0.2, 0.25) is 0 Å². The van der Waals surface area contributed by atoms with Gasteiger partial charge in [-0.15, -0.1) is 0 Å². The van der Waals surface area contributed by atoms with Crippen molar-refractivity contribution >= 4 is 31.6 Å². The van der Waals surface area contributed by atoms with Gasteiger partial charge in [0.05, 0.1) is 10.6 Å². The van der Waals surface area contributed by atoms with Gasteiger partial charge in [0, 0.05) is 10.5 Å². The highest BCUT2D eigenvalue weighted by Gasteiger charge is 2.26. The summed E-state index contributed by atoms with van der Waals surface area (Å²) in [4.78, 5) is -0.0148. The average Bonchev–Trinajstić information content (AvgIpc) is 2.43.